The van der Waals surface area contributed by atoms with Gasteiger partial charge in [0.1, 0.15) is 5.82 Å². The number of nitrogens with one attached hydrogen (secondary N) is 2. The molecule has 5 rings (SSSR count). The summed E-state index contributed by atoms with van der Waals surface area (Å²) in [6.45, 7) is 0.251. The Morgan fingerprint density at radius 3 is 2.70 bits per heavy atom. The summed E-state index contributed by atoms with van der Waals surface area (Å²) in [6, 6.07) is 21.6. The fourth-order valence-corrected chi connectivity index (χ4v) is 3.07. The van der Waals surface area contributed by atoms with Crippen LogP contribution in [0.5, 0.6) is 11.5 Å². The van der Waals surface area contributed by atoms with E-state index >= 15 is 0 Å². The van der Waals surface area contributed by atoms with Crippen LogP contribution in [0.3, 0.4) is 0 Å². The summed E-state index contributed by atoms with van der Waals surface area (Å²) in [7, 11) is 0. The first-order valence-electron chi connectivity index (χ1n) is 8.60. The molecule has 0 aliphatic carbocycles. The molecule has 1 aliphatic rings. The number of nitrogens with zero attached hydrogens (tertiary/aromatic N) is 2. The number of pyridine rings is 1. The minimum Gasteiger partial charge on any atom is -0.454 e. The lowest BCUT2D eigenvalue weighted by molar-refractivity contribution is 0.174. The fraction of sp³-hybridized carbons (Fsp3) is 0.0476. The summed E-state index contributed by atoms with van der Waals surface area (Å²) >= 11 is 0. The number of hydrogen-bond acceptors (Lipinski definition) is 5. The summed E-state index contributed by atoms with van der Waals surface area (Å²) in [4.78, 5) is 12.4. The van der Waals surface area contributed by atoms with Gasteiger partial charge in [0.2, 0.25) is 6.79 Å². The molecule has 2 N–H and O–H groups in total. The van der Waals surface area contributed by atoms with Gasteiger partial charge in [-0.05, 0) is 42.5 Å². The third kappa shape index (κ3) is 2.97. The van der Waals surface area contributed by atoms with E-state index in [9.17, 15) is 0 Å². The van der Waals surface area contributed by atoms with Crippen molar-refractivity contribution in [3.8, 4) is 34.1 Å². The van der Waals surface area contributed by atoms with Gasteiger partial charge in [-0.2, -0.15) is 0 Å². The van der Waals surface area contributed by atoms with E-state index in [1.54, 1.807) is 6.33 Å². The van der Waals surface area contributed by atoms with Crippen LogP contribution in [0.4, 0.5) is 11.5 Å². The Bertz CT molecular complexity index is 1090. The predicted molar refractivity (Wildman–Crippen MR) is 103 cm³/mol. The van der Waals surface area contributed by atoms with Crippen LogP contribution in [-0.4, -0.2) is 21.7 Å². The van der Waals surface area contributed by atoms with Crippen LogP contribution in [0.2, 0.25) is 0 Å². The number of benzene rings is 2. The number of imidazole rings is 1. The van der Waals surface area contributed by atoms with Crippen molar-refractivity contribution < 1.29 is 9.47 Å². The van der Waals surface area contributed by atoms with Crippen LogP contribution in [-0.2, 0) is 0 Å². The van der Waals surface area contributed by atoms with Crippen LogP contribution in [0.15, 0.2) is 73.1 Å². The molecule has 0 saturated carbocycles. The van der Waals surface area contributed by atoms with E-state index in [4.69, 9.17) is 14.5 Å². The molecule has 0 atom stereocenters. The minimum atomic E-state index is 0.251. The van der Waals surface area contributed by atoms with Gasteiger partial charge in [-0.3, -0.25) is 0 Å². The molecule has 0 amide bonds. The molecular weight excluding hydrogens is 340 g/mol. The molecule has 0 saturated heterocycles. The molecule has 0 spiro atoms. The normalized spacial score (nSPS) is 12.1. The molecule has 6 nitrogen and oxygen atoms in total. The van der Waals surface area contributed by atoms with Crippen LogP contribution >= 0.6 is 0 Å². The van der Waals surface area contributed by atoms with Gasteiger partial charge in [-0.25, -0.2) is 9.97 Å². The second-order valence-corrected chi connectivity index (χ2v) is 6.09. The van der Waals surface area contributed by atoms with Crippen LogP contribution in [0, 0.1) is 0 Å². The minimum absolute atomic E-state index is 0.251. The van der Waals surface area contributed by atoms with E-state index in [2.05, 4.69) is 15.3 Å². The lowest BCUT2D eigenvalue weighted by Crippen LogP contribution is -1.95. The summed E-state index contributed by atoms with van der Waals surface area (Å²) in [5.74, 6) is 2.25. The highest BCUT2D eigenvalue weighted by Gasteiger charge is 2.17. The number of fused-ring (bicyclic) bond motifs is 1. The summed E-state index contributed by atoms with van der Waals surface area (Å²) in [5, 5.41) is 3.32. The molecule has 6 heteroatoms. The number of ether oxygens (including phenoxy) is 2. The second-order valence-electron chi connectivity index (χ2n) is 6.09. The number of H-pyrrole nitrogens is 1. The maximum atomic E-state index is 5.48. The first-order chi connectivity index (χ1) is 13.4. The monoisotopic (exact) mass is 356 g/mol. The SMILES string of the molecule is c1ccc(Nc2cccc(-c3[nH]cnc3-c3ccc4c(c3)OCO4)n2)cc1. The van der Waals surface area contributed by atoms with Crippen LogP contribution in [0.1, 0.15) is 0 Å². The third-order valence-electron chi connectivity index (χ3n) is 4.34. The molecule has 0 radical (unpaired) electrons. The number of aromatic nitrogens is 3. The number of aromatic amines is 1. The van der Waals surface area contributed by atoms with Gasteiger partial charge >= 0.3 is 0 Å². The summed E-state index contributed by atoms with van der Waals surface area (Å²) in [6.07, 6.45) is 1.67. The topological polar surface area (TPSA) is 72.1 Å². The van der Waals surface area contributed by atoms with E-state index in [1.807, 2.05) is 66.7 Å². The molecule has 132 valence electrons. The zero-order valence-electron chi connectivity index (χ0n) is 14.3. The van der Waals surface area contributed by atoms with E-state index < -0.39 is 0 Å². The molecule has 2 aromatic heterocycles. The first-order valence-corrected chi connectivity index (χ1v) is 8.60. The van der Waals surface area contributed by atoms with Crippen molar-refractivity contribution >= 4 is 11.5 Å². The molecule has 0 fully saturated rings. The Hall–Kier alpha value is -3.80. The highest BCUT2D eigenvalue weighted by Crippen LogP contribution is 2.37. The molecular formula is C21H16N4O2. The van der Waals surface area contributed by atoms with E-state index in [0.29, 0.717) is 0 Å². The largest absolute Gasteiger partial charge is 0.454 e. The Morgan fingerprint density at radius 2 is 1.78 bits per heavy atom. The van der Waals surface area contributed by atoms with Crippen molar-refractivity contribution in [1.82, 2.24) is 15.0 Å². The highest BCUT2D eigenvalue weighted by molar-refractivity contribution is 5.78. The maximum Gasteiger partial charge on any atom is 0.231 e. The van der Waals surface area contributed by atoms with Gasteiger partial charge in [-0.15, -0.1) is 0 Å². The van der Waals surface area contributed by atoms with Gasteiger partial charge < -0.3 is 19.8 Å². The average molecular weight is 356 g/mol. The Balaban J connectivity index is 1.50. The number of rotatable bonds is 4. The van der Waals surface area contributed by atoms with Crippen molar-refractivity contribution in [2.24, 2.45) is 0 Å². The number of anilines is 2. The van der Waals surface area contributed by atoms with E-state index in [1.165, 1.54) is 0 Å². The third-order valence-corrected chi connectivity index (χ3v) is 4.34. The number of hydrogen-bond donors (Lipinski definition) is 2. The first kappa shape index (κ1) is 15.5. The maximum absolute atomic E-state index is 5.48. The van der Waals surface area contributed by atoms with Crippen molar-refractivity contribution in [3.05, 3.63) is 73.1 Å². The van der Waals surface area contributed by atoms with E-state index in [-0.39, 0.29) is 6.79 Å². The van der Waals surface area contributed by atoms with E-state index in [0.717, 1.165) is 45.6 Å². The van der Waals surface area contributed by atoms with Crippen LogP contribution < -0.4 is 14.8 Å². The Morgan fingerprint density at radius 1 is 0.889 bits per heavy atom. The van der Waals surface area contributed by atoms with Gasteiger partial charge in [0.25, 0.3) is 0 Å². The highest BCUT2D eigenvalue weighted by atomic mass is 16.7. The summed E-state index contributed by atoms with van der Waals surface area (Å²) < 4.78 is 10.9. The molecule has 4 aromatic rings. The predicted octanol–water partition coefficient (Wildman–Crippen LogP) is 4.61. The molecule has 0 unspecified atom stereocenters. The zero-order chi connectivity index (χ0) is 18.1. The lowest BCUT2D eigenvalue weighted by Gasteiger charge is -2.08. The van der Waals surface area contributed by atoms with Gasteiger partial charge in [0.05, 0.1) is 23.4 Å². The quantitative estimate of drug-likeness (QED) is 0.559. The van der Waals surface area contributed by atoms with Crippen molar-refractivity contribution in [3.63, 3.8) is 0 Å². The average Bonchev–Trinajstić information content (AvgIpc) is 3.38. The molecule has 27 heavy (non-hydrogen) atoms. The molecule has 2 aromatic carbocycles. The second kappa shape index (κ2) is 6.49. The van der Waals surface area contributed by atoms with Crippen molar-refractivity contribution in [2.45, 2.75) is 0 Å². The number of para-hydroxylation sites is 1. The van der Waals surface area contributed by atoms with Crippen molar-refractivity contribution in [1.29, 1.82) is 0 Å². The lowest BCUT2D eigenvalue weighted by atomic mass is 10.1. The van der Waals surface area contributed by atoms with Crippen molar-refractivity contribution in [2.75, 3.05) is 12.1 Å². The zero-order valence-corrected chi connectivity index (χ0v) is 14.3. The molecule has 1 aliphatic heterocycles. The smallest absolute Gasteiger partial charge is 0.231 e. The Labute approximate surface area is 155 Å². The van der Waals surface area contributed by atoms with Gasteiger partial charge in [-0.1, -0.05) is 24.3 Å². The Kier molecular flexibility index (Phi) is 3.72. The van der Waals surface area contributed by atoms with Crippen LogP contribution in [0.25, 0.3) is 22.6 Å². The van der Waals surface area contributed by atoms with Gasteiger partial charge in [0.15, 0.2) is 11.5 Å². The molecule has 0 bridgehead atoms. The molecule has 3 heterocycles. The summed E-state index contributed by atoms with van der Waals surface area (Å²) in [5.41, 5.74) is 4.41. The fourth-order valence-electron chi connectivity index (χ4n) is 3.07. The van der Waals surface area contributed by atoms with Gasteiger partial charge in [0, 0.05) is 11.3 Å². The standard InChI is InChI=1S/C21H16N4O2/c1-2-5-15(6-3-1)24-19-8-4-7-16(25-19)21-20(22-12-23-21)14-9-10-17-18(11-14)27-13-26-17/h1-12H,13H2,(H,22,23)(H,24,25).